The maximum atomic E-state index is 11.2. The van der Waals surface area contributed by atoms with Crippen LogP contribution in [0, 0.1) is 0 Å². The van der Waals surface area contributed by atoms with E-state index in [1.54, 1.807) is 7.05 Å². The molecule has 1 aromatic carbocycles. The zero-order chi connectivity index (χ0) is 13.4. The molecule has 0 aliphatic heterocycles. The Kier molecular flexibility index (Phi) is 6.39. The fourth-order valence-corrected chi connectivity index (χ4v) is 2.00. The van der Waals surface area contributed by atoms with Crippen molar-refractivity contribution in [2.75, 3.05) is 27.2 Å². The highest BCUT2D eigenvalue weighted by atomic mass is 16.3. The Hall–Kier alpha value is -1.39. The number of aliphatic hydroxyl groups excluding tert-OH is 1. The highest BCUT2D eigenvalue weighted by molar-refractivity contribution is 5.75. The Morgan fingerprint density at radius 3 is 2.61 bits per heavy atom. The quantitative estimate of drug-likeness (QED) is 0.764. The average molecular weight is 250 g/mol. The molecule has 2 N–H and O–H groups in total. The molecule has 0 heterocycles. The molecular formula is C14H22N2O2. The van der Waals surface area contributed by atoms with E-state index in [9.17, 15) is 4.79 Å². The second kappa shape index (κ2) is 7.84. The van der Waals surface area contributed by atoms with Crippen molar-refractivity contribution < 1.29 is 9.90 Å². The van der Waals surface area contributed by atoms with Crippen LogP contribution in [0.2, 0.25) is 0 Å². The minimum atomic E-state index is 0.0395. The van der Waals surface area contributed by atoms with Gasteiger partial charge in [-0.2, -0.15) is 0 Å². The SMILES string of the molecule is CNC(=O)CCN(C)C(CCO)c1ccccc1. The summed E-state index contributed by atoms with van der Waals surface area (Å²) in [6.45, 7) is 0.823. The third kappa shape index (κ3) is 4.47. The summed E-state index contributed by atoms with van der Waals surface area (Å²) >= 11 is 0. The standard InChI is InChI=1S/C14H22N2O2/c1-15-14(18)8-10-16(2)13(9-11-17)12-6-4-3-5-7-12/h3-7,13,17H,8-11H2,1-2H3,(H,15,18). The Morgan fingerprint density at radius 1 is 1.39 bits per heavy atom. The summed E-state index contributed by atoms with van der Waals surface area (Å²) in [7, 11) is 3.63. The van der Waals surface area contributed by atoms with Gasteiger partial charge >= 0.3 is 0 Å². The summed E-state index contributed by atoms with van der Waals surface area (Å²) in [5.74, 6) is 0.0395. The molecule has 18 heavy (non-hydrogen) atoms. The molecule has 1 aromatic rings. The monoisotopic (exact) mass is 250 g/mol. The van der Waals surface area contributed by atoms with Crippen LogP contribution in [0.15, 0.2) is 30.3 Å². The molecule has 0 saturated heterocycles. The zero-order valence-corrected chi connectivity index (χ0v) is 11.1. The van der Waals surface area contributed by atoms with Crippen LogP contribution in [0.3, 0.4) is 0 Å². The van der Waals surface area contributed by atoms with Crippen LogP contribution >= 0.6 is 0 Å². The van der Waals surface area contributed by atoms with Gasteiger partial charge in [0.05, 0.1) is 0 Å². The van der Waals surface area contributed by atoms with E-state index in [-0.39, 0.29) is 18.6 Å². The average Bonchev–Trinajstić information content (AvgIpc) is 2.42. The van der Waals surface area contributed by atoms with Crippen molar-refractivity contribution in [1.82, 2.24) is 10.2 Å². The van der Waals surface area contributed by atoms with E-state index >= 15 is 0 Å². The van der Waals surface area contributed by atoms with Gasteiger partial charge in [0.1, 0.15) is 0 Å². The Morgan fingerprint density at radius 2 is 2.06 bits per heavy atom. The molecule has 0 aliphatic rings. The van der Waals surface area contributed by atoms with Gasteiger partial charge in [-0.05, 0) is 19.0 Å². The molecule has 0 fully saturated rings. The molecule has 0 aromatic heterocycles. The first-order valence-corrected chi connectivity index (χ1v) is 6.25. The van der Waals surface area contributed by atoms with Crippen LogP contribution in [0.4, 0.5) is 0 Å². The molecule has 1 rings (SSSR count). The van der Waals surface area contributed by atoms with Crippen molar-refractivity contribution >= 4 is 5.91 Å². The van der Waals surface area contributed by atoms with Crippen LogP contribution < -0.4 is 5.32 Å². The number of aliphatic hydroxyl groups is 1. The summed E-state index contributed by atoms with van der Waals surface area (Å²) in [5.41, 5.74) is 1.17. The number of rotatable bonds is 7. The summed E-state index contributed by atoms with van der Waals surface area (Å²) in [5, 5.41) is 11.8. The van der Waals surface area contributed by atoms with Crippen molar-refractivity contribution in [3.05, 3.63) is 35.9 Å². The molecule has 0 bridgehead atoms. The van der Waals surface area contributed by atoms with Crippen LogP contribution in [-0.2, 0) is 4.79 Å². The third-order valence-electron chi connectivity index (χ3n) is 3.09. The molecule has 0 spiro atoms. The molecule has 0 saturated carbocycles. The van der Waals surface area contributed by atoms with E-state index in [2.05, 4.69) is 22.3 Å². The lowest BCUT2D eigenvalue weighted by Gasteiger charge is -2.27. The van der Waals surface area contributed by atoms with Gasteiger partial charge < -0.3 is 10.4 Å². The largest absolute Gasteiger partial charge is 0.396 e. The lowest BCUT2D eigenvalue weighted by atomic mass is 10.0. The summed E-state index contributed by atoms with van der Waals surface area (Å²) in [6, 6.07) is 10.2. The smallest absolute Gasteiger partial charge is 0.221 e. The van der Waals surface area contributed by atoms with Gasteiger partial charge in [-0.25, -0.2) is 0 Å². The van der Waals surface area contributed by atoms with Crippen molar-refractivity contribution in [3.8, 4) is 0 Å². The molecule has 1 amide bonds. The van der Waals surface area contributed by atoms with Crippen LogP contribution in [-0.4, -0.2) is 43.2 Å². The Labute approximate surface area is 109 Å². The van der Waals surface area contributed by atoms with Crippen molar-refractivity contribution in [1.29, 1.82) is 0 Å². The first kappa shape index (κ1) is 14.7. The fourth-order valence-electron chi connectivity index (χ4n) is 2.00. The minimum Gasteiger partial charge on any atom is -0.396 e. The maximum Gasteiger partial charge on any atom is 0.221 e. The second-order valence-electron chi connectivity index (χ2n) is 4.34. The molecule has 4 nitrogen and oxygen atoms in total. The Balaban J connectivity index is 2.64. The molecule has 100 valence electrons. The molecule has 0 aliphatic carbocycles. The number of carbonyl (C=O) groups is 1. The van der Waals surface area contributed by atoms with E-state index in [1.165, 1.54) is 5.56 Å². The maximum absolute atomic E-state index is 11.2. The minimum absolute atomic E-state index is 0.0395. The number of carbonyl (C=O) groups excluding carboxylic acids is 1. The number of hydrogen-bond donors (Lipinski definition) is 2. The summed E-state index contributed by atoms with van der Waals surface area (Å²) in [4.78, 5) is 13.4. The Bertz CT molecular complexity index is 354. The van der Waals surface area contributed by atoms with Crippen LogP contribution in [0.1, 0.15) is 24.4 Å². The van der Waals surface area contributed by atoms with Gasteiger partial charge in [-0.1, -0.05) is 30.3 Å². The molecular weight excluding hydrogens is 228 g/mol. The highest BCUT2D eigenvalue weighted by Crippen LogP contribution is 2.22. The van der Waals surface area contributed by atoms with E-state index < -0.39 is 0 Å². The van der Waals surface area contributed by atoms with Crippen molar-refractivity contribution in [2.45, 2.75) is 18.9 Å². The van der Waals surface area contributed by atoms with Gasteiger partial charge in [0, 0.05) is 32.7 Å². The fraction of sp³-hybridized carbons (Fsp3) is 0.500. The van der Waals surface area contributed by atoms with Crippen molar-refractivity contribution in [2.24, 2.45) is 0 Å². The first-order chi connectivity index (χ1) is 8.69. The van der Waals surface area contributed by atoms with Crippen molar-refractivity contribution in [3.63, 3.8) is 0 Å². The molecule has 1 atom stereocenters. The van der Waals surface area contributed by atoms with E-state index in [1.807, 2.05) is 25.2 Å². The summed E-state index contributed by atoms with van der Waals surface area (Å²) < 4.78 is 0. The number of nitrogens with one attached hydrogen (secondary N) is 1. The topological polar surface area (TPSA) is 52.6 Å². The number of nitrogens with zero attached hydrogens (tertiary/aromatic N) is 1. The molecule has 0 radical (unpaired) electrons. The molecule has 1 unspecified atom stereocenters. The number of hydrogen-bond acceptors (Lipinski definition) is 3. The van der Waals surface area contributed by atoms with Gasteiger partial charge in [0.2, 0.25) is 5.91 Å². The van der Waals surface area contributed by atoms with Crippen LogP contribution in [0.5, 0.6) is 0 Å². The summed E-state index contributed by atoms with van der Waals surface area (Å²) in [6.07, 6.45) is 1.15. The second-order valence-corrected chi connectivity index (χ2v) is 4.34. The number of amides is 1. The predicted molar refractivity (Wildman–Crippen MR) is 72.2 cm³/mol. The number of benzene rings is 1. The normalized spacial score (nSPS) is 12.4. The van der Waals surface area contributed by atoms with E-state index in [4.69, 9.17) is 5.11 Å². The lowest BCUT2D eigenvalue weighted by molar-refractivity contribution is -0.121. The van der Waals surface area contributed by atoms with Gasteiger partial charge in [0.15, 0.2) is 0 Å². The van der Waals surface area contributed by atoms with Crippen LogP contribution in [0.25, 0.3) is 0 Å². The predicted octanol–water partition coefficient (Wildman–Crippen LogP) is 1.18. The van der Waals surface area contributed by atoms with E-state index in [0.29, 0.717) is 19.4 Å². The third-order valence-corrected chi connectivity index (χ3v) is 3.09. The zero-order valence-electron chi connectivity index (χ0n) is 11.1. The van der Waals surface area contributed by atoms with E-state index in [0.717, 1.165) is 0 Å². The van der Waals surface area contributed by atoms with Gasteiger partial charge in [0.25, 0.3) is 0 Å². The lowest BCUT2D eigenvalue weighted by Crippen LogP contribution is -2.30. The van der Waals surface area contributed by atoms with Gasteiger partial charge in [-0.3, -0.25) is 9.69 Å². The first-order valence-electron chi connectivity index (χ1n) is 6.25. The van der Waals surface area contributed by atoms with Gasteiger partial charge in [-0.15, -0.1) is 0 Å². The highest BCUT2D eigenvalue weighted by Gasteiger charge is 2.16. The molecule has 4 heteroatoms.